The minimum absolute atomic E-state index is 0.00912. The zero-order valence-corrected chi connectivity index (χ0v) is 9.91. The smallest absolute Gasteiger partial charge is 0.417 e. The van der Waals surface area contributed by atoms with Crippen molar-refractivity contribution in [2.24, 2.45) is 0 Å². The Morgan fingerprint density at radius 3 is 2.58 bits per heavy atom. The molecular formula is C13H10F3NO2. The molecule has 100 valence electrons. The van der Waals surface area contributed by atoms with Crippen LogP contribution in [0.1, 0.15) is 15.9 Å². The summed E-state index contributed by atoms with van der Waals surface area (Å²) in [6.45, 7) is 0. The highest BCUT2D eigenvalue weighted by atomic mass is 19.4. The lowest BCUT2D eigenvalue weighted by molar-refractivity contribution is -0.137. The predicted molar refractivity (Wildman–Crippen MR) is 62.6 cm³/mol. The Morgan fingerprint density at radius 1 is 1.26 bits per heavy atom. The SMILES string of the molecule is COC(=O)c1c[nH]c(-c2ccccc2C(F)(F)F)c1. The number of carbonyl (C=O) groups excluding carboxylic acids is 1. The number of hydrogen-bond acceptors (Lipinski definition) is 2. The van der Waals surface area contributed by atoms with Crippen LogP contribution in [0.2, 0.25) is 0 Å². The molecule has 1 aromatic carbocycles. The van der Waals surface area contributed by atoms with Crippen LogP contribution in [0.3, 0.4) is 0 Å². The molecular weight excluding hydrogens is 259 g/mol. The molecule has 2 rings (SSSR count). The zero-order chi connectivity index (χ0) is 14.0. The van der Waals surface area contributed by atoms with Crippen molar-refractivity contribution in [1.82, 2.24) is 4.98 Å². The Morgan fingerprint density at radius 2 is 1.95 bits per heavy atom. The number of nitrogens with one attached hydrogen (secondary N) is 1. The minimum Gasteiger partial charge on any atom is -0.465 e. The van der Waals surface area contributed by atoms with Gasteiger partial charge in [0.05, 0.1) is 18.2 Å². The molecule has 0 amide bonds. The van der Waals surface area contributed by atoms with Gasteiger partial charge in [-0.2, -0.15) is 13.2 Å². The third-order valence-electron chi connectivity index (χ3n) is 2.63. The first-order valence-corrected chi connectivity index (χ1v) is 5.37. The number of halogens is 3. The van der Waals surface area contributed by atoms with Gasteiger partial charge < -0.3 is 9.72 Å². The third kappa shape index (κ3) is 2.62. The molecule has 0 aliphatic heterocycles. The number of aromatic amines is 1. The van der Waals surface area contributed by atoms with Crippen LogP contribution >= 0.6 is 0 Å². The van der Waals surface area contributed by atoms with Gasteiger partial charge in [0.25, 0.3) is 0 Å². The van der Waals surface area contributed by atoms with Crippen molar-refractivity contribution in [3.8, 4) is 11.3 Å². The molecule has 0 fully saturated rings. The normalized spacial score (nSPS) is 11.4. The number of alkyl halides is 3. The predicted octanol–water partition coefficient (Wildman–Crippen LogP) is 3.49. The van der Waals surface area contributed by atoms with Gasteiger partial charge in [0, 0.05) is 17.5 Å². The van der Waals surface area contributed by atoms with E-state index in [2.05, 4.69) is 9.72 Å². The highest BCUT2D eigenvalue weighted by molar-refractivity contribution is 5.90. The van der Waals surface area contributed by atoms with Crippen LogP contribution in [0, 0.1) is 0 Å². The van der Waals surface area contributed by atoms with E-state index in [0.29, 0.717) is 0 Å². The van der Waals surface area contributed by atoms with Gasteiger partial charge in [-0.25, -0.2) is 4.79 Å². The van der Waals surface area contributed by atoms with E-state index in [1.165, 1.54) is 37.6 Å². The lowest BCUT2D eigenvalue weighted by Crippen LogP contribution is -2.06. The van der Waals surface area contributed by atoms with Crippen molar-refractivity contribution in [2.45, 2.75) is 6.18 Å². The van der Waals surface area contributed by atoms with Gasteiger partial charge in [-0.3, -0.25) is 0 Å². The molecule has 0 spiro atoms. The Labute approximate surface area is 107 Å². The zero-order valence-electron chi connectivity index (χ0n) is 9.91. The summed E-state index contributed by atoms with van der Waals surface area (Å²) >= 11 is 0. The highest BCUT2D eigenvalue weighted by Gasteiger charge is 2.33. The number of carbonyl (C=O) groups is 1. The molecule has 0 saturated heterocycles. The molecule has 0 unspecified atom stereocenters. The number of H-pyrrole nitrogens is 1. The number of aromatic nitrogens is 1. The molecule has 0 aliphatic carbocycles. The lowest BCUT2D eigenvalue weighted by atomic mass is 10.0. The van der Waals surface area contributed by atoms with Crippen molar-refractivity contribution in [3.05, 3.63) is 47.7 Å². The number of benzene rings is 1. The van der Waals surface area contributed by atoms with E-state index < -0.39 is 17.7 Å². The third-order valence-corrected chi connectivity index (χ3v) is 2.63. The van der Waals surface area contributed by atoms with Gasteiger partial charge in [-0.15, -0.1) is 0 Å². The lowest BCUT2D eigenvalue weighted by Gasteiger charge is -2.11. The second kappa shape index (κ2) is 4.79. The quantitative estimate of drug-likeness (QED) is 0.848. The Bertz CT molecular complexity index is 602. The van der Waals surface area contributed by atoms with Crippen molar-refractivity contribution < 1.29 is 22.7 Å². The van der Waals surface area contributed by atoms with Crippen molar-refractivity contribution in [3.63, 3.8) is 0 Å². The van der Waals surface area contributed by atoms with E-state index in [1.54, 1.807) is 0 Å². The standard InChI is InChI=1S/C13H10F3NO2/c1-19-12(18)8-6-11(17-7-8)9-4-2-3-5-10(9)13(14,15)16/h2-7,17H,1H3. The summed E-state index contributed by atoms with van der Waals surface area (Å²) in [5.74, 6) is -0.605. The molecule has 3 nitrogen and oxygen atoms in total. The average molecular weight is 269 g/mol. The fourth-order valence-electron chi connectivity index (χ4n) is 1.75. The first-order valence-electron chi connectivity index (χ1n) is 5.37. The van der Waals surface area contributed by atoms with Crippen molar-refractivity contribution in [2.75, 3.05) is 7.11 Å². The van der Waals surface area contributed by atoms with Gasteiger partial charge >= 0.3 is 12.1 Å². The maximum Gasteiger partial charge on any atom is 0.417 e. The first kappa shape index (κ1) is 13.2. The summed E-state index contributed by atoms with van der Waals surface area (Å²) in [6.07, 6.45) is -3.14. The monoisotopic (exact) mass is 269 g/mol. The van der Waals surface area contributed by atoms with Crippen molar-refractivity contribution >= 4 is 5.97 Å². The average Bonchev–Trinajstić information content (AvgIpc) is 2.86. The fourth-order valence-corrected chi connectivity index (χ4v) is 1.75. The molecule has 0 aliphatic rings. The fraction of sp³-hybridized carbons (Fsp3) is 0.154. The molecule has 2 aromatic rings. The molecule has 0 saturated carbocycles. The molecule has 1 aromatic heterocycles. The Hall–Kier alpha value is -2.24. The summed E-state index contributed by atoms with van der Waals surface area (Å²) in [6, 6.07) is 6.49. The summed E-state index contributed by atoms with van der Waals surface area (Å²) in [7, 11) is 1.21. The Balaban J connectivity index is 2.48. The van der Waals surface area contributed by atoms with Gasteiger partial charge in [0.15, 0.2) is 0 Å². The van der Waals surface area contributed by atoms with Crippen LogP contribution in [0.25, 0.3) is 11.3 Å². The number of hydrogen-bond donors (Lipinski definition) is 1. The van der Waals surface area contributed by atoms with Gasteiger partial charge in [0.1, 0.15) is 0 Å². The Kier molecular flexibility index (Phi) is 3.33. The number of rotatable bonds is 2. The van der Waals surface area contributed by atoms with Crippen molar-refractivity contribution in [1.29, 1.82) is 0 Å². The molecule has 1 heterocycles. The van der Waals surface area contributed by atoms with E-state index in [4.69, 9.17) is 0 Å². The van der Waals surface area contributed by atoms with E-state index in [0.717, 1.165) is 6.07 Å². The number of ether oxygens (including phenoxy) is 1. The molecule has 0 atom stereocenters. The van der Waals surface area contributed by atoms with Crippen LogP contribution < -0.4 is 0 Å². The molecule has 19 heavy (non-hydrogen) atoms. The molecule has 1 N–H and O–H groups in total. The number of methoxy groups -OCH3 is 1. The van der Waals surface area contributed by atoms with E-state index in [1.807, 2.05) is 0 Å². The van der Waals surface area contributed by atoms with E-state index in [9.17, 15) is 18.0 Å². The summed E-state index contributed by atoms with van der Waals surface area (Å²) in [5.41, 5.74) is -0.374. The molecule has 6 heteroatoms. The van der Waals surface area contributed by atoms with Crippen LogP contribution in [-0.4, -0.2) is 18.1 Å². The summed E-state index contributed by atoms with van der Waals surface area (Å²) in [5, 5.41) is 0. The van der Waals surface area contributed by atoms with Crippen LogP contribution in [0.15, 0.2) is 36.5 Å². The number of esters is 1. The van der Waals surface area contributed by atoms with E-state index >= 15 is 0 Å². The molecule has 0 bridgehead atoms. The van der Waals surface area contributed by atoms with E-state index in [-0.39, 0.29) is 16.8 Å². The summed E-state index contributed by atoms with van der Waals surface area (Å²) < 4.78 is 43.1. The topological polar surface area (TPSA) is 42.1 Å². The highest BCUT2D eigenvalue weighted by Crippen LogP contribution is 2.36. The van der Waals surface area contributed by atoms with Gasteiger partial charge in [0.2, 0.25) is 0 Å². The van der Waals surface area contributed by atoms with Crippen LogP contribution in [0.4, 0.5) is 13.2 Å². The van der Waals surface area contributed by atoms with Crippen LogP contribution in [-0.2, 0) is 10.9 Å². The van der Waals surface area contributed by atoms with Gasteiger partial charge in [-0.05, 0) is 12.1 Å². The first-order chi connectivity index (χ1) is 8.93. The maximum absolute atomic E-state index is 12.9. The molecule has 0 radical (unpaired) electrons. The van der Waals surface area contributed by atoms with Crippen LogP contribution in [0.5, 0.6) is 0 Å². The maximum atomic E-state index is 12.9. The minimum atomic E-state index is -4.45. The largest absolute Gasteiger partial charge is 0.465 e. The summed E-state index contributed by atoms with van der Waals surface area (Å²) in [4.78, 5) is 13.9. The second-order valence-corrected chi connectivity index (χ2v) is 3.84. The van der Waals surface area contributed by atoms with Gasteiger partial charge in [-0.1, -0.05) is 18.2 Å². The second-order valence-electron chi connectivity index (χ2n) is 3.84.